The van der Waals surface area contributed by atoms with Crippen LogP contribution < -0.4 is 9.64 Å². The van der Waals surface area contributed by atoms with Crippen molar-refractivity contribution >= 4 is 26.7 Å². The first-order valence-electron chi connectivity index (χ1n) is 7.47. The van der Waals surface area contributed by atoms with Gasteiger partial charge < -0.3 is 9.64 Å². The molecule has 7 heteroatoms. The number of nitrogens with one attached hydrogen (secondary N) is 1. The molecule has 3 aromatic rings. The molecule has 1 atom stereocenters. The number of thiazole rings is 1. The molecule has 1 fully saturated rings. The molecule has 1 aromatic carbocycles. The fraction of sp³-hybridized carbons (Fsp3) is 0.400. The number of hydrogen-bond acceptors (Lipinski definition) is 6. The zero-order valence-corrected chi connectivity index (χ0v) is 13.1. The van der Waals surface area contributed by atoms with Gasteiger partial charge in [0.05, 0.1) is 16.8 Å². The van der Waals surface area contributed by atoms with Gasteiger partial charge in [-0.05, 0) is 31.5 Å². The third-order valence-electron chi connectivity index (χ3n) is 3.94. The van der Waals surface area contributed by atoms with E-state index >= 15 is 0 Å². The summed E-state index contributed by atoms with van der Waals surface area (Å²) >= 11 is 1.72. The lowest BCUT2D eigenvalue weighted by molar-refractivity contribution is 0.341. The van der Waals surface area contributed by atoms with Crippen molar-refractivity contribution in [2.24, 2.45) is 0 Å². The fourth-order valence-corrected chi connectivity index (χ4v) is 3.88. The van der Waals surface area contributed by atoms with Gasteiger partial charge in [-0.2, -0.15) is 5.10 Å². The van der Waals surface area contributed by atoms with Crippen molar-refractivity contribution in [3.05, 3.63) is 30.4 Å². The molecule has 1 aliphatic rings. The van der Waals surface area contributed by atoms with E-state index in [4.69, 9.17) is 9.72 Å². The fourth-order valence-electron chi connectivity index (χ4n) is 2.85. The molecule has 0 aliphatic carbocycles. The summed E-state index contributed by atoms with van der Waals surface area (Å²) in [5.41, 5.74) is 1.03. The lowest BCUT2D eigenvalue weighted by Crippen LogP contribution is -2.19. The third kappa shape index (κ3) is 2.41. The number of nitrogens with zero attached hydrogens (tertiary/aromatic N) is 4. The van der Waals surface area contributed by atoms with Crippen molar-refractivity contribution < 1.29 is 4.74 Å². The van der Waals surface area contributed by atoms with Crippen molar-refractivity contribution in [1.82, 2.24) is 20.2 Å². The van der Waals surface area contributed by atoms with Crippen LogP contribution in [0.3, 0.4) is 0 Å². The Kier molecular flexibility index (Phi) is 3.42. The summed E-state index contributed by atoms with van der Waals surface area (Å²) in [6, 6.07) is 6.09. The van der Waals surface area contributed by atoms with Crippen LogP contribution in [0.5, 0.6) is 5.75 Å². The van der Waals surface area contributed by atoms with Crippen LogP contribution in [-0.4, -0.2) is 39.9 Å². The smallest absolute Gasteiger partial charge is 0.186 e. The van der Waals surface area contributed by atoms with E-state index in [2.05, 4.69) is 26.1 Å². The maximum atomic E-state index is 5.56. The van der Waals surface area contributed by atoms with E-state index < -0.39 is 0 Å². The van der Waals surface area contributed by atoms with Crippen molar-refractivity contribution in [2.75, 3.05) is 24.6 Å². The van der Waals surface area contributed by atoms with Gasteiger partial charge in [0.15, 0.2) is 5.13 Å². The van der Waals surface area contributed by atoms with Crippen LogP contribution in [0.1, 0.15) is 25.1 Å². The maximum Gasteiger partial charge on any atom is 0.186 e. The van der Waals surface area contributed by atoms with Crippen molar-refractivity contribution in [2.45, 2.75) is 19.3 Å². The van der Waals surface area contributed by atoms with Gasteiger partial charge in [0, 0.05) is 19.0 Å². The van der Waals surface area contributed by atoms with E-state index in [9.17, 15) is 0 Å². The summed E-state index contributed by atoms with van der Waals surface area (Å²) in [5, 5.41) is 8.00. The molecule has 0 spiro atoms. The Labute approximate surface area is 132 Å². The van der Waals surface area contributed by atoms with Crippen LogP contribution in [0, 0.1) is 0 Å². The van der Waals surface area contributed by atoms with Crippen LogP contribution in [0.2, 0.25) is 0 Å². The molecule has 6 nitrogen and oxygen atoms in total. The highest BCUT2D eigenvalue weighted by atomic mass is 32.1. The van der Waals surface area contributed by atoms with E-state index in [0.717, 1.165) is 41.7 Å². The van der Waals surface area contributed by atoms with Gasteiger partial charge >= 0.3 is 0 Å². The quantitative estimate of drug-likeness (QED) is 0.802. The van der Waals surface area contributed by atoms with Crippen LogP contribution >= 0.6 is 11.3 Å². The van der Waals surface area contributed by atoms with Crippen LogP contribution in [0.4, 0.5) is 5.13 Å². The second kappa shape index (κ2) is 5.57. The molecule has 1 N–H and O–H groups in total. The summed E-state index contributed by atoms with van der Waals surface area (Å²) in [4.78, 5) is 11.4. The Bertz CT molecular complexity index is 769. The predicted molar refractivity (Wildman–Crippen MR) is 86.7 cm³/mol. The van der Waals surface area contributed by atoms with Gasteiger partial charge in [-0.3, -0.25) is 5.10 Å². The van der Waals surface area contributed by atoms with Crippen LogP contribution in [0.25, 0.3) is 10.2 Å². The Balaban J connectivity index is 1.56. The topological polar surface area (TPSA) is 66.9 Å². The molecule has 0 bridgehead atoms. The Morgan fingerprint density at radius 2 is 2.41 bits per heavy atom. The molecule has 22 heavy (non-hydrogen) atoms. The molecule has 1 unspecified atom stereocenters. The van der Waals surface area contributed by atoms with E-state index in [1.165, 1.54) is 4.70 Å². The first-order valence-corrected chi connectivity index (χ1v) is 8.28. The summed E-state index contributed by atoms with van der Waals surface area (Å²) in [7, 11) is 0. The molecular weight excluding hydrogens is 298 g/mol. The van der Waals surface area contributed by atoms with Crippen molar-refractivity contribution in [3.8, 4) is 5.75 Å². The highest BCUT2D eigenvalue weighted by Crippen LogP contribution is 2.35. The van der Waals surface area contributed by atoms with Crippen molar-refractivity contribution in [1.29, 1.82) is 0 Å². The lowest BCUT2D eigenvalue weighted by Gasteiger charge is -2.13. The second-order valence-corrected chi connectivity index (χ2v) is 6.37. The van der Waals surface area contributed by atoms with E-state index in [-0.39, 0.29) is 0 Å². The summed E-state index contributed by atoms with van der Waals surface area (Å²) in [5.74, 6) is 2.29. The average molecular weight is 315 g/mol. The molecule has 0 saturated carbocycles. The minimum absolute atomic E-state index is 0.411. The lowest BCUT2D eigenvalue weighted by atomic mass is 10.1. The monoisotopic (exact) mass is 315 g/mol. The largest absolute Gasteiger partial charge is 0.494 e. The molecule has 2 aromatic heterocycles. The maximum absolute atomic E-state index is 5.56. The van der Waals surface area contributed by atoms with E-state index in [1.807, 2.05) is 19.1 Å². The van der Waals surface area contributed by atoms with Gasteiger partial charge in [0.25, 0.3) is 0 Å². The highest BCUT2D eigenvalue weighted by Gasteiger charge is 2.27. The highest BCUT2D eigenvalue weighted by molar-refractivity contribution is 7.22. The zero-order chi connectivity index (χ0) is 14.9. The molecular formula is C15H17N5OS. The summed E-state index contributed by atoms with van der Waals surface area (Å²) < 4.78 is 6.73. The molecule has 0 amide bonds. The molecule has 4 rings (SSSR count). The molecule has 0 radical (unpaired) electrons. The first kappa shape index (κ1) is 13.5. The number of H-pyrrole nitrogens is 1. The Hall–Kier alpha value is -2.15. The first-order chi connectivity index (χ1) is 10.8. The molecule has 1 saturated heterocycles. The number of fused-ring (bicyclic) bond motifs is 1. The summed E-state index contributed by atoms with van der Waals surface area (Å²) in [6.07, 6.45) is 2.65. The number of ether oxygens (including phenoxy) is 1. The Morgan fingerprint density at radius 1 is 1.45 bits per heavy atom. The SMILES string of the molecule is CCOc1ccc2nc(N3CCC(c4ncn[nH]4)C3)sc2c1. The van der Waals surface area contributed by atoms with E-state index in [0.29, 0.717) is 12.5 Å². The van der Waals surface area contributed by atoms with Crippen LogP contribution in [-0.2, 0) is 0 Å². The standard InChI is InChI=1S/C15H17N5OS/c1-2-21-11-3-4-12-13(7-11)22-15(18-12)20-6-5-10(8-20)14-16-9-17-19-14/h3-4,7,9-10H,2,5-6,8H2,1H3,(H,16,17,19). The third-order valence-corrected chi connectivity index (χ3v) is 5.02. The van der Waals surface area contributed by atoms with Crippen LogP contribution in [0.15, 0.2) is 24.5 Å². The minimum atomic E-state index is 0.411. The number of hydrogen-bond donors (Lipinski definition) is 1. The number of rotatable bonds is 4. The van der Waals surface area contributed by atoms with Gasteiger partial charge in [0.2, 0.25) is 0 Å². The summed E-state index contributed by atoms with van der Waals surface area (Å²) in [6.45, 7) is 4.62. The number of benzene rings is 1. The van der Waals surface area contributed by atoms with Gasteiger partial charge in [-0.1, -0.05) is 11.3 Å². The molecule has 114 valence electrons. The van der Waals surface area contributed by atoms with E-state index in [1.54, 1.807) is 17.7 Å². The Morgan fingerprint density at radius 3 is 3.23 bits per heavy atom. The second-order valence-electron chi connectivity index (χ2n) is 5.36. The van der Waals surface area contributed by atoms with Gasteiger partial charge in [-0.15, -0.1) is 0 Å². The number of aromatic amines is 1. The number of aromatic nitrogens is 4. The van der Waals surface area contributed by atoms with Crippen molar-refractivity contribution in [3.63, 3.8) is 0 Å². The van der Waals surface area contributed by atoms with Gasteiger partial charge in [0.1, 0.15) is 17.9 Å². The molecule has 1 aliphatic heterocycles. The predicted octanol–water partition coefficient (Wildman–Crippen LogP) is 2.81. The zero-order valence-electron chi connectivity index (χ0n) is 12.3. The average Bonchev–Trinajstić information content (AvgIpc) is 3.26. The normalized spacial score (nSPS) is 18.2. The number of anilines is 1. The minimum Gasteiger partial charge on any atom is -0.494 e. The van der Waals surface area contributed by atoms with Gasteiger partial charge in [-0.25, -0.2) is 9.97 Å². The molecule has 3 heterocycles.